The molecule has 1 heterocycles. The second-order valence-corrected chi connectivity index (χ2v) is 6.76. The molecule has 1 amide bonds. The molecule has 4 heteroatoms. The average Bonchev–Trinajstić information content (AvgIpc) is 3.01. The Labute approximate surface area is 144 Å². The highest BCUT2D eigenvalue weighted by Gasteiger charge is 2.37. The number of nitrogens with zero attached hydrogens (tertiary/aromatic N) is 1. The molecule has 0 unspecified atom stereocenters. The molecule has 0 radical (unpaired) electrons. The predicted octanol–water partition coefficient (Wildman–Crippen LogP) is 3.53. The van der Waals surface area contributed by atoms with Crippen molar-refractivity contribution in [1.29, 1.82) is 0 Å². The Bertz CT molecular complexity index is 611. The molecule has 0 N–H and O–H groups in total. The molecule has 24 heavy (non-hydrogen) atoms. The van der Waals surface area contributed by atoms with E-state index in [4.69, 9.17) is 9.47 Å². The molecule has 3 rings (SSSR count). The number of para-hydroxylation sites is 1. The topological polar surface area (TPSA) is 38.8 Å². The second kappa shape index (κ2) is 7.84. The Morgan fingerprint density at radius 3 is 2.83 bits per heavy atom. The van der Waals surface area contributed by atoms with Crippen molar-refractivity contribution >= 4 is 5.91 Å². The summed E-state index contributed by atoms with van der Waals surface area (Å²) in [4.78, 5) is 15.0. The van der Waals surface area contributed by atoms with E-state index in [9.17, 15) is 4.79 Å². The number of rotatable bonds is 6. The van der Waals surface area contributed by atoms with Gasteiger partial charge in [-0.25, -0.2) is 0 Å². The molecule has 1 saturated heterocycles. The quantitative estimate of drug-likeness (QED) is 0.592. The predicted molar refractivity (Wildman–Crippen MR) is 94.3 cm³/mol. The van der Waals surface area contributed by atoms with Crippen LogP contribution in [0, 0.1) is 11.8 Å². The maximum atomic E-state index is 13.0. The van der Waals surface area contributed by atoms with Gasteiger partial charge in [-0.15, -0.1) is 0 Å². The second-order valence-electron chi connectivity index (χ2n) is 6.76. The molecule has 1 aliphatic carbocycles. The van der Waals surface area contributed by atoms with Crippen LogP contribution in [0.2, 0.25) is 0 Å². The minimum absolute atomic E-state index is 0.0917. The Hall–Kier alpha value is -1.81. The standard InChI is InChI=1S/C20H27NO3/c1-3-23-10-11-24-19-7-5-4-6-18(19)20(22)21-13-16-9-8-15(2)12-17(16)14-21/h4-8,16-17H,3,9-14H2,1-2H3/t16-,17+/m0/s1. The van der Waals surface area contributed by atoms with Crippen LogP contribution in [0.25, 0.3) is 0 Å². The van der Waals surface area contributed by atoms with E-state index in [0.29, 0.717) is 43.0 Å². The number of amides is 1. The van der Waals surface area contributed by atoms with E-state index in [1.807, 2.05) is 36.1 Å². The van der Waals surface area contributed by atoms with Crippen LogP contribution in [0.15, 0.2) is 35.9 Å². The highest BCUT2D eigenvalue weighted by atomic mass is 16.5. The number of likely N-dealkylation sites (tertiary alicyclic amines) is 1. The van der Waals surface area contributed by atoms with Gasteiger partial charge in [0.15, 0.2) is 0 Å². The van der Waals surface area contributed by atoms with Gasteiger partial charge in [0.1, 0.15) is 12.4 Å². The summed E-state index contributed by atoms with van der Waals surface area (Å²) in [5.74, 6) is 1.98. The molecule has 130 valence electrons. The SMILES string of the molecule is CCOCCOc1ccccc1C(=O)N1C[C@H]2CC(C)=CC[C@H]2C1. The normalized spacial score (nSPS) is 22.9. The number of benzene rings is 1. The molecule has 2 atom stereocenters. The third kappa shape index (κ3) is 3.81. The van der Waals surface area contributed by atoms with E-state index in [2.05, 4.69) is 13.0 Å². The maximum Gasteiger partial charge on any atom is 0.257 e. The molecule has 0 saturated carbocycles. The molecular weight excluding hydrogens is 302 g/mol. The van der Waals surface area contributed by atoms with Gasteiger partial charge in [0, 0.05) is 19.7 Å². The van der Waals surface area contributed by atoms with Crippen molar-refractivity contribution in [2.45, 2.75) is 26.7 Å². The van der Waals surface area contributed by atoms with E-state index in [1.54, 1.807) is 0 Å². The first-order valence-electron chi connectivity index (χ1n) is 8.93. The van der Waals surface area contributed by atoms with E-state index in [-0.39, 0.29) is 5.91 Å². The van der Waals surface area contributed by atoms with Crippen molar-refractivity contribution in [2.24, 2.45) is 11.8 Å². The van der Waals surface area contributed by atoms with Gasteiger partial charge in [-0.2, -0.15) is 0 Å². The van der Waals surface area contributed by atoms with Crippen LogP contribution in [0.5, 0.6) is 5.75 Å². The van der Waals surface area contributed by atoms with Gasteiger partial charge in [-0.05, 0) is 50.7 Å². The van der Waals surface area contributed by atoms with Crippen molar-refractivity contribution in [3.8, 4) is 5.75 Å². The van der Waals surface area contributed by atoms with Crippen molar-refractivity contribution in [1.82, 2.24) is 4.90 Å². The van der Waals surface area contributed by atoms with Gasteiger partial charge in [-0.3, -0.25) is 4.79 Å². The molecule has 1 aromatic carbocycles. The van der Waals surface area contributed by atoms with Crippen molar-refractivity contribution in [3.63, 3.8) is 0 Å². The van der Waals surface area contributed by atoms with Gasteiger partial charge in [0.25, 0.3) is 5.91 Å². The Balaban J connectivity index is 1.65. The van der Waals surface area contributed by atoms with Gasteiger partial charge < -0.3 is 14.4 Å². The number of ether oxygens (including phenoxy) is 2. The van der Waals surface area contributed by atoms with Crippen LogP contribution in [-0.2, 0) is 4.74 Å². The van der Waals surface area contributed by atoms with E-state index in [1.165, 1.54) is 5.57 Å². The Morgan fingerprint density at radius 2 is 2.00 bits per heavy atom. The first-order valence-corrected chi connectivity index (χ1v) is 8.93. The molecule has 0 bridgehead atoms. The third-order valence-corrected chi connectivity index (χ3v) is 5.02. The van der Waals surface area contributed by atoms with Crippen LogP contribution in [0.3, 0.4) is 0 Å². The number of fused-ring (bicyclic) bond motifs is 1. The van der Waals surface area contributed by atoms with Gasteiger partial charge in [-0.1, -0.05) is 23.8 Å². The zero-order chi connectivity index (χ0) is 16.9. The van der Waals surface area contributed by atoms with Crippen LogP contribution < -0.4 is 4.74 Å². The number of carbonyl (C=O) groups excluding carboxylic acids is 1. The zero-order valence-electron chi connectivity index (χ0n) is 14.7. The lowest BCUT2D eigenvalue weighted by Gasteiger charge is -2.21. The molecule has 0 aromatic heterocycles. The average molecular weight is 329 g/mol. The van der Waals surface area contributed by atoms with Crippen LogP contribution >= 0.6 is 0 Å². The van der Waals surface area contributed by atoms with Crippen LogP contribution in [0.1, 0.15) is 37.0 Å². The van der Waals surface area contributed by atoms with E-state index in [0.717, 1.165) is 25.9 Å². The fourth-order valence-corrected chi connectivity index (χ4v) is 3.75. The Morgan fingerprint density at radius 1 is 1.21 bits per heavy atom. The minimum atomic E-state index is 0.0917. The maximum absolute atomic E-state index is 13.0. The summed E-state index contributed by atoms with van der Waals surface area (Å²) in [6.07, 6.45) is 4.56. The first kappa shape index (κ1) is 17.0. The fraction of sp³-hybridized carbons (Fsp3) is 0.550. The molecule has 4 nitrogen and oxygen atoms in total. The zero-order valence-corrected chi connectivity index (χ0v) is 14.7. The summed E-state index contributed by atoms with van der Waals surface area (Å²) >= 11 is 0. The van der Waals surface area contributed by atoms with E-state index >= 15 is 0 Å². The van der Waals surface area contributed by atoms with Gasteiger partial charge in [0.05, 0.1) is 12.2 Å². The summed E-state index contributed by atoms with van der Waals surface area (Å²) in [6, 6.07) is 7.54. The fourth-order valence-electron chi connectivity index (χ4n) is 3.75. The number of carbonyl (C=O) groups is 1. The summed E-state index contributed by atoms with van der Waals surface area (Å²) in [7, 11) is 0. The largest absolute Gasteiger partial charge is 0.490 e. The molecule has 1 aliphatic heterocycles. The van der Waals surface area contributed by atoms with Crippen molar-refractivity contribution in [3.05, 3.63) is 41.5 Å². The number of hydrogen-bond donors (Lipinski definition) is 0. The molecule has 1 fully saturated rings. The minimum Gasteiger partial charge on any atom is -0.490 e. The highest BCUT2D eigenvalue weighted by molar-refractivity contribution is 5.97. The first-order chi connectivity index (χ1) is 11.7. The lowest BCUT2D eigenvalue weighted by Crippen LogP contribution is -2.29. The summed E-state index contributed by atoms with van der Waals surface area (Å²) in [6.45, 7) is 7.56. The third-order valence-electron chi connectivity index (χ3n) is 5.02. The van der Waals surface area contributed by atoms with Crippen molar-refractivity contribution in [2.75, 3.05) is 32.9 Å². The van der Waals surface area contributed by atoms with Crippen molar-refractivity contribution < 1.29 is 14.3 Å². The van der Waals surface area contributed by atoms with Gasteiger partial charge in [0.2, 0.25) is 0 Å². The monoisotopic (exact) mass is 329 g/mol. The summed E-state index contributed by atoms with van der Waals surface area (Å²) < 4.78 is 11.1. The Kier molecular flexibility index (Phi) is 5.56. The number of hydrogen-bond acceptors (Lipinski definition) is 3. The lowest BCUT2D eigenvalue weighted by molar-refractivity contribution is 0.0773. The smallest absolute Gasteiger partial charge is 0.257 e. The summed E-state index contributed by atoms with van der Waals surface area (Å²) in [5.41, 5.74) is 2.13. The highest BCUT2D eigenvalue weighted by Crippen LogP contribution is 2.36. The van der Waals surface area contributed by atoms with Crippen LogP contribution in [0.4, 0.5) is 0 Å². The molecule has 2 aliphatic rings. The molecule has 1 aromatic rings. The lowest BCUT2D eigenvalue weighted by atomic mass is 9.83. The number of allylic oxidation sites excluding steroid dienone is 2. The van der Waals surface area contributed by atoms with Gasteiger partial charge >= 0.3 is 0 Å². The summed E-state index contributed by atoms with van der Waals surface area (Å²) in [5, 5.41) is 0. The van der Waals surface area contributed by atoms with E-state index < -0.39 is 0 Å². The van der Waals surface area contributed by atoms with Crippen LogP contribution in [-0.4, -0.2) is 43.7 Å². The molecule has 0 spiro atoms. The molecular formula is C20H27NO3.